The van der Waals surface area contributed by atoms with Gasteiger partial charge in [0.2, 0.25) is 0 Å². The van der Waals surface area contributed by atoms with E-state index in [1.165, 1.54) is 0 Å². The van der Waals surface area contributed by atoms with Crippen molar-refractivity contribution in [2.75, 3.05) is 5.32 Å². The number of carbonyl (C=O) groups is 2. The summed E-state index contributed by atoms with van der Waals surface area (Å²) in [6.45, 7) is 3.64. The molecule has 0 bridgehead atoms. The Morgan fingerprint density at radius 1 is 0.967 bits per heavy atom. The van der Waals surface area contributed by atoms with Crippen molar-refractivity contribution in [1.82, 2.24) is 4.98 Å². The third kappa shape index (κ3) is 3.87. The topological polar surface area (TPSA) is 68.3 Å². The van der Waals surface area contributed by atoms with E-state index in [4.69, 9.17) is 4.74 Å². The molecule has 0 fully saturated rings. The molecule has 1 heterocycles. The molecule has 0 aliphatic heterocycles. The number of aryl methyl sites for hydroxylation is 1. The first kappa shape index (κ1) is 19.6. The molecule has 0 radical (unpaired) electrons. The minimum atomic E-state index is -0.899. The molecular formula is C25H22N2O3. The van der Waals surface area contributed by atoms with E-state index in [2.05, 4.69) is 10.3 Å². The van der Waals surface area contributed by atoms with Gasteiger partial charge in [0.15, 0.2) is 6.10 Å². The quantitative estimate of drug-likeness (QED) is 0.465. The predicted molar refractivity (Wildman–Crippen MR) is 119 cm³/mol. The number of pyridine rings is 1. The van der Waals surface area contributed by atoms with Crippen molar-refractivity contribution in [3.8, 4) is 0 Å². The van der Waals surface area contributed by atoms with Crippen LogP contribution in [0, 0.1) is 6.92 Å². The fourth-order valence-electron chi connectivity index (χ4n) is 3.54. The summed E-state index contributed by atoms with van der Waals surface area (Å²) in [7, 11) is 0. The van der Waals surface area contributed by atoms with E-state index in [1.807, 2.05) is 80.6 Å². The van der Waals surface area contributed by atoms with Crippen molar-refractivity contribution in [2.24, 2.45) is 0 Å². The number of fused-ring (bicyclic) bond motifs is 2. The molecule has 0 aliphatic rings. The average molecular weight is 398 g/mol. The van der Waals surface area contributed by atoms with Gasteiger partial charge in [0.05, 0.1) is 11.1 Å². The zero-order valence-corrected chi connectivity index (χ0v) is 16.9. The largest absolute Gasteiger partial charge is 0.449 e. The molecule has 4 aromatic rings. The highest BCUT2D eigenvalue weighted by Crippen LogP contribution is 2.24. The van der Waals surface area contributed by atoms with Crippen LogP contribution in [0.1, 0.15) is 29.4 Å². The summed E-state index contributed by atoms with van der Waals surface area (Å²) in [5, 5.41) is 5.58. The first-order valence-corrected chi connectivity index (χ1v) is 9.93. The molecule has 1 N–H and O–H groups in total. The standard InChI is InChI=1S/C25H22N2O3/c1-3-23(24(28)27-21-14-8-10-17-9-4-5-11-18(17)21)30-25(29)20-15-16(2)26-22-13-7-6-12-19(20)22/h4-15,23H,3H2,1-2H3,(H,27,28)/t23-/m0/s1. The number of amides is 1. The Balaban J connectivity index is 1.57. The highest BCUT2D eigenvalue weighted by molar-refractivity contribution is 6.06. The maximum atomic E-state index is 12.9. The van der Waals surface area contributed by atoms with Crippen LogP contribution >= 0.6 is 0 Å². The van der Waals surface area contributed by atoms with Gasteiger partial charge in [-0.25, -0.2) is 4.79 Å². The summed E-state index contributed by atoms with van der Waals surface area (Å²) < 4.78 is 5.62. The van der Waals surface area contributed by atoms with Crippen molar-refractivity contribution in [3.05, 3.63) is 84.1 Å². The normalized spacial score (nSPS) is 11.9. The summed E-state index contributed by atoms with van der Waals surface area (Å²) in [4.78, 5) is 30.3. The number of para-hydroxylation sites is 1. The van der Waals surface area contributed by atoms with Gasteiger partial charge in [-0.2, -0.15) is 0 Å². The van der Waals surface area contributed by atoms with E-state index < -0.39 is 12.1 Å². The van der Waals surface area contributed by atoms with Crippen molar-refractivity contribution in [2.45, 2.75) is 26.4 Å². The lowest BCUT2D eigenvalue weighted by molar-refractivity contribution is -0.124. The molecule has 1 aromatic heterocycles. The Hall–Kier alpha value is -3.73. The third-order valence-electron chi connectivity index (χ3n) is 5.02. The van der Waals surface area contributed by atoms with Crippen LogP contribution < -0.4 is 5.32 Å². The number of rotatable bonds is 5. The monoisotopic (exact) mass is 398 g/mol. The second kappa shape index (κ2) is 8.33. The minimum absolute atomic E-state index is 0.350. The van der Waals surface area contributed by atoms with E-state index in [0.29, 0.717) is 28.8 Å². The molecule has 1 atom stereocenters. The van der Waals surface area contributed by atoms with Crippen molar-refractivity contribution >= 4 is 39.2 Å². The smallest absolute Gasteiger partial charge is 0.339 e. The van der Waals surface area contributed by atoms with E-state index in [-0.39, 0.29) is 5.91 Å². The zero-order chi connectivity index (χ0) is 21.1. The van der Waals surface area contributed by atoms with Crippen LogP contribution in [0.15, 0.2) is 72.8 Å². The van der Waals surface area contributed by atoms with E-state index in [9.17, 15) is 9.59 Å². The van der Waals surface area contributed by atoms with Gasteiger partial charge in [-0.3, -0.25) is 9.78 Å². The summed E-state index contributed by atoms with van der Waals surface area (Å²) in [6, 6.07) is 22.6. The zero-order valence-electron chi connectivity index (χ0n) is 16.9. The number of nitrogens with zero attached hydrogens (tertiary/aromatic N) is 1. The molecule has 1 amide bonds. The Morgan fingerprint density at radius 3 is 2.47 bits per heavy atom. The fourth-order valence-corrected chi connectivity index (χ4v) is 3.54. The number of nitrogens with one attached hydrogen (secondary N) is 1. The van der Waals surface area contributed by atoms with E-state index >= 15 is 0 Å². The number of carbonyl (C=O) groups excluding carboxylic acids is 2. The van der Waals surface area contributed by atoms with Crippen molar-refractivity contribution in [3.63, 3.8) is 0 Å². The molecule has 0 aliphatic carbocycles. The lowest BCUT2D eigenvalue weighted by Crippen LogP contribution is -2.32. The lowest BCUT2D eigenvalue weighted by atomic mass is 10.1. The van der Waals surface area contributed by atoms with Crippen LogP contribution in [0.4, 0.5) is 5.69 Å². The van der Waals surface area contributed by atoms with Gasteiger partial charge >= 0.3 is 5.97 Å². The first-order valence-electron chi connectivity index (χ1n) is 9.93. The Bertz CT molecular complexity index is 1240. The highest BCUT2D eigenvalue weighted by Gasteiger charge is 2.24. The summed E-state index contributed by atoms with van der Waals surface area (Å²) in [5.41, 5.74) is 2.54. The minimum Gasteiger partial charge on any atom is -0.449 e. The molecule has 30 heavy (non-hydrogen) atoms. The van der Waals surface area contributed by atoms with Crippen LogP contribution in [0.5, 0.6) is 0 Å². The molecule has 5 heteroatoms. The summed E-state index contributed by atoms with van der Waals surface area (Å²) in [6.07, 6.45) is -0.534. The molecular weight excluding hydrogens is 376 g/mol. The lowest BCUT2D eigenvalue weighted by Gasteiger charge is -2.17. The summed E-state index contributed by atoms with van der Waals surface area (Å²) in [5.74, 6) is -0.881. The van der Waals surface area contributed by atoms with E-state index in [0.717, 1.165) is 16.3 Å². The molecule has 4 rings (SSSR count). The van der Waals surface area contributed by atoms with E-state index in [1.54, 1.807) is 6.07 Å². The molecule has 150 valence electrons. The van der Waals surface area contributed by atoms with Gasteiger partial charge in [-0.1, -0.05) is 61.5 Å². The number of ether oxygens (including phenoxy) is 1. The van der Waals surface area contributed by atoms with Crippen LogP contribution in [-0.2, 0) is 9.53 Å². The Morgan fingerprint density at radius 2 is 1.67 bits per heavy atom. The molecule has 0 spiro atoms. The van der Waals surface area contributed by atoms with Crippen LogP contribution in [0.2, 0.25) is 0 Å². The second-order valence-corrected chi connectivity index (χ2v) is 7.15. The molecule has 5 nitrogen and oxygen atoms in total. The van der Waals surface area contributed by atoms with Gasteiger partial charge in [-0.15, -0.1) is 0 Å². The number of hydrogen-bond acceptors (Lipinski definition) is 4. The van der Waals surface area contributed by atoms with Gasteiger partial charge in [0, 0.05) is 22.2 Å². The Labute approximate surface area is 174 Å². The van der Waals surface area contributed by atoms with Gasteiger partial charge < -0.3 is 10.1 Å². The maximum absolute atomic E-state index is 12.9. The highest BCUT2D eigenvalue weighted by atomic mass is 16.5. The average Bonchev–Trinajstić information content (AvgIpc) is 2.76. The van der Waals surface area contributed by atoms with Crippen LogP contribution in [-0.4, -0.2) is 23.0 Å². The number of aromatic nitrogens is 1. The molecule has 0 saturated heterocycles. The van der Waals surface area contributed by atoms with Crippen molar-refractivity contribution in [1.29, 1.82) is 0 Å². The first-order chi connectivity index (χ1) is 14.6. The fraction of sp³-hybridized carbons (Fsp3) is 0.160. The van der Waals surface area contributed by atoms with Crippen LogP contribution in [0.3, 0.4) is 0 Å². The van der Waals surface area contributed by atoms with Gasteiger partial charge in [0.25, 0.3) is 5.91 Å². The summed E-state index contributed by atoms with van der Waals surface area (Å²) >= 11 is 0. The SMILES string of the molecule is CC[C@H](OC(=O)c1cc(C)nc2ccccc12)C(=O)Nc1cccc2ccccc12. The third-order valence-corrected chi connectivity index (χ3v) is 5.02. The molecule has 0 saturated carbocycles. The van der Waals surface area contributed by atoms with Crippen molar-refractivity contribution < 1.29 is 14.3 Å². The number of benzene rings is 3. The molecule has 3 aromatic carbocycles. The maximum Gasteiger partial charge on any atom is 0.339 e. The van der Waals surface area contributed by atoms with Gasteiger partial charge in [0.1, 0.15) is 0 Å². The molecule has 0 unspecified atom stereocenters. The number of hydrogen-bond donors (Lipinski definition) is 1. The predicted octanol–water partition coefficient (Wildman–Crippen LogP) is 5.27. The second-order valence-electron chi connectivity index (χ2n) is 7.15. The van der Waals surface area contributed by atoms with Gasteiger partial charge in [-0.05, 0) is 36.9 Å². The number of esters is 1. The van der Waals surface area contributed by atoms with Crippen LogP contribution in [0.25, 0.3) is 21.7 Å². The Kier molecular flexibility index (Phi) is 5.44. The number of anilines is 1.